The molecular weight excluding hydrogens is 496 g/mol. The first-order chi connectivity index (χ1) is 18.9. The van der Waals surface area contributed by atoms with E-state index in [2.05, 4.69) is 33.3 Å². The first-order valence-corrected chi connectivity index (χ1v) is 13.3. The summed E-state index contributed by atoms with van der Waals surface area (Å²) in [4.78, 5) is 21.6. The van der Waals surface area contributed by atoms with Crippen LogP contribution in [-0.4, -0.2) is 71.6 Å². The topological polar surface area (TPSA) is 85.4 Å². The highest BCUT2D eigenvalue weighted by Gasteiger charge is 2.27. The molecule has 1 aromatic heterocycles. The highest BCUT2D eigenvalue weighted by molar-refractivity contribution is 5.79. The summed E-state index contributed by atoms with van der Waals surface area (Å²) in [6.45, 7) is 1.99. The monoisotopic (exact) mass is 532 g/mol. The Bertz CT molecular complexity index is 1310. The number of rotatable bonds is 8. The molecule has 0 spiro atoms. The number of amides is 1. The van der Waals surface area contributed by atoms with Crippen LogP contribution in [0.25, 0.3) is 11.3 Å². The lowest BCUT2D eigenvalue weighted by molar-refractivity contribution is -0.128. The second-order valence-corrected chi connectivity index (χ2v) is 10.0. The summed E-state index contributed by atoms with van der Waals surface area (Å²) < 4.78 is 23.5. The van der Waals surface area contributed by atoms with Gasteiger partial charge in [0, 0.05) is 57.2 Å². The van der Waals surface area contributed by atoms with Gasteiger partial charge in [0.15, 0.2) is 11.5 Å². The zero-order chi connectivity index (χ0) is 27.4. The molecule has 5 rings (SSSR count). The molecule has 0 bridgehead atoms. The lowest BCUT2D eigenvalue weighted by Crippen LogP contribution is -2.43. The van der Waals surface area contributed by atoms with Gasteiger partial charge in [-0.1, -0.05) is 12.1 Å². The van der Waals surface area contributed by atoms with Gasteiger partial charge >= 0.3 is 0 Å². The molecule has 3 aromatic rings. The van der Waals surface area contributed by atoms with Crippen LogP contribution in [0.15, 0.2) is 54.6 Å². The van der Waals surface area contributed by atoms with Gasteiger partial charge in [-0.15, -0.1) is 0 Å². The van der Waals surface area contributed by atoms with Crippen LogP contribution >= 0.6 is 0 Å². The van der Waals surface area contributed by atoms with Gasteiger partial charge in [-0.2, -0.15) is 0 Å². The van der Waals surface area contributed by atoms with E-state index in [1.54, 1.807) is 7.11 Å². The van der Waals surface area contributed by atoms with Crippen molar-refractivity contribution in [3.63, 3.8) is 0 Å². The van der Waals surface area contributed by atoms with Crippen molar-refractivity contribution < 1.29 is 23.7 Å². The fraction of sp³-hybridized carbons (Fsp3) is 0.400. The van der Waals surface area contributed by atoms with Gasteiger partial charge < -0.3 is 34.1 Å². The summed E-state index contributed by atoms with van der Waals surface area (Å²) in [6.07, 6.45) is 1.19. The summed E-state index contributed by atoms with van der Waals surface area (Å²) in [5.41, 5.74) is 4.48. The molecule has 39 heavy (non-hydrogen) atoms. The van der Waals surface area contributed by atoms with Crippen LogP contribution in [0.3, 0.4) is 0 Å². The van der Waals surface area contributed by atoms with Gasteiger partial charge in [0.05, 0.1) is 19.3 Å². The molecule has 1 saturated heterocycles. The number of ether oxygens (including phenoxy) is 4. The molecule has 0 aliphatic carbocycles. The molecule has 2 aliphatic heterocycles. The Morgan fingerprint density at radius 3 is 2.59 bits per heavy atom. The lowest BCUT2D eigenvalue weighted by atomic mass is 9.99. The normalized spacial score (nSPS) is 16.9. The number of benzene rings is 2. The van der Waals surface area contributed by atoms with Crippen molar-refractivity contribution in [1.29, 1.82) is 0 Å². The number of methoxy groups -OCH3 is 1. The second kappa shape index (κ2) is 11.8. The smallest absolute Gasteiger partial charge is 0.238 e. The van der Waals surface area contributed by atoms with Crippen molar-refractivity contribution in [2.45, 2.75) is 18.9 Å². The molecule has 1 fully saturated rings. The highest BCUT2D eigenvalue weighted by atomic mass is 16.6. The predicted molar refractivity (Wildman–Crippen MR) is 152 cm³/mol. The number of carbonyl (C=O) groups is 1. The second-order valence-electron chi connectivity index (χ2n) is 10.0. The first-order valence-electron chi connectivity index (χ1n) is 13.3. The van der Waals surface area contributed by atoms with Crippen molar-refractivity contribution >= 4 is 23.0 Å². The summed E-state index contributed by atoms with van der Waals surface area (Å²) in [5, 5.41) is 3.03. The maximum absolute atomic E-state index is 12.6. The quantitative estimate of drug-likeness (QED) is 0.460. The van der Waals surface area contributed by atoms with E-state index in [4.69, 9.17) is 23.9 Å². The van der Waals surface area contributed by atoms with E-state index < -0.39 is 0 Å². The average molecular weight is 533 g/mol. The fourth-order valence-corrected chi connectivity index (χ4v) is 4.86. The van der Waals surface area contributed by atoms with Crippen LogP contribution in [0.1, 0.15) is 12.8 Å². The standard InChI is InChI=1S/C30H36N4O5/c1-33(2)21-7-5-8-22(17-21)34(3)26-12-11-25(32-30(26)36-4)24-9-6-10-27-28(24)39-23(19-38-27)18-31-29(35)20-13-15-37-16-14-20/h5-12,17,20,23H,13-16,18-19H2,1-4H3,(H,31,35)/t23-/m1/s1. The summed E-state index contributed by atoms with van der Waals surface area (Å²) in [7, 11) is 7.66. The van der Waals surface area contributed by atoms with Crippen molar-refractivity contribution in [3.8, 4) is 28.6 Å². The van der Waals surface area contributed by atoms with Gasteiger partial charge in [0.2, 0.25) is 11.8 Å². The van der Waals surface area contributed by atoms with Crippen LogP contribution < -0.4 is 29.3 Å². The molecule has 1 N–H and O–H groups in total. The summed E-state index contributed by atoms with van der Waals surface area (Å²) in [6, 6.07) is 18.0. The van der Waals surface area contributed by atoms with Gasteiger partial charge in [-0.25, -0.2) is 4.98 Å². The highest BCUT2D eigenvalue weighted by Crippen LogP contribution is 2.42. The molecule has 3 heterocycles. The van der Waals surface area contributed by atoms with Crippen molar-refractivity contribution in [1.82, 2.24) is 10.3 Å². The minimum Gasteiger partial charge on any atom is -0.486 e. The molecule has 0 unspecified atom stereocenters. The third-order valence-electron chi connectivity index (χ3n) is 7.19. The molecule has 2 aromatic carbocycles. The third kappa shape index (κ3) is 5.88. The Morgan fingerprint density at radius 1 is 1.05 bits per heavy atom. The Kier molecular flexibility index (Phi) is 8.07. The number of carbonyl (C=O) groups excluding carboxylic acids is 1. The van der Waals surface area contributed by atoms with E-state index >= 15 is 0 Å². The predicted octanol–water partition coefficient (Wildman–Crippen LogP) is 4.27. The Balaban J connectivity index is 1.35. The van der Waals surface area contributed by atoms with Crippen LogP contribution in [0, 0.1) is 5.92 Å². The third-order valence-corrected chi connectivity index (χ3v) is 7.19. The molecule has 0 radical (unpaired) electrons. The SMILES string of the molecule is COc1nc(-c2cccc3c2O[C@H](CNC(=O)C2CCOCC2)CO3)ccc1N(C)c1cccc(N(C)C)c1. The van der Waals surface area contributed by atoms with E-state index in [0.717, 1.165) is 35.5 Å². The number of hydrogen-bond acceptors (Lipinski definition) is 8. The van der Waals surface area contributed by atoms with E-state index in [-0.39, 0.29) is 17.9 Å². The van der Waals surface area contributed by atoms with Gasteiger partial charge in [-0.05, 0) is 55.3 Å². The molecule has 0 saturated carbocycles. The van der Waals surface area contributed by atoms with Crippen LogP contribution in [0.5, 0.6) is 17.4 Å². The maximum atomic E-state index is 12.6. The number of aromatic nitrogens is 1. The van der Waals surface area contributed by atoms with Crippen LogP contribution in [0.4, 0.5) is 17.1 Å². The van der Waals surface area contributed by atoms with E-state index in [1.807, 2.05) is 57.5 Å². The van der Waals surface area contributed by atoms with Crippen molar-refractivity contribution in [3.05, 3.63) is 54.6 Å². The number of nitrogens with one attached hydrogen (secondary N) is 1. The Hall–Kier alpha value is -3.98. The van der Waals surface area contributed by atoms with E-state index in [0.29, 0.717) is 49.4 Å². The van der Waals surface area contributed by atoms with Gasteiger partial charge in [0.25, 0.3) is 0 Å². The number of para-hydroxylation sites is 1. The number of nitrogens with zero attached hydrogens (tertiary/aromatic N) is 3. The summed E-state index contributed by atoms with van der Waals surface area (Å²) >= 11 is 0. The first kappa shape index (κ1) is 26.6. The molecule has 2 aliphatic rings. The number of hydrogen-bond donors (Lipinski definition) is 1. The molecular formula is C30H36N4O5. The largest absolute Gasteiger partial charge is 0.486 e. The minimum atomic E-state index is -0.307. The number of anilines is 3. The fourth-order valence-electron chi connectivity index (χ4n) is 4.86. The molecule has 1 atom stereocenters. The molecule has 1 amide bonds. The van der Waals surface area contributed by atoms with E-state index in [9.17, 15) is 4.79 Å². The lowest BCUT2D eigenvalue weighted by Gasteiger charge is -2.29. The molecule has 206 valence electrons. The average Bonchev–Trinajstić information content (AvgIpc) is 2.99. The number of fused-ring (bicyclic) bond motifs is 1. The molecule has 9 heteroatoms. The van der Waals surface area contributed by atoms with E-state index in [1.165, 1.54) is 0 Å². The van der Waals surface area contributed by atoms with Gasteiger partial charge in [0.1, 0.15) is 18.4 Å². The van der Waals surface area contributed by atoms with Gasteiger partial charge in [-0.3, -0.25) is 4.79 Å². The van der Waals surface area contributed by atoms with Crippen molar-refractivity contribution in [2.75, 3.05) is 64.4 Å². The Morgan fingerprint density at radius 2 is 1.82 bits per heavy atom. The molecule has 9 nitrogen and oxygen atoms in total. The van der Waals surface area contributed by atoms with Crippen LogP contribution in [-0.2, 0) is 9.53 Å². The zero-order valence-electron chi connectivity index (χ0n) is 23.0. The van der Waals surface area contributed by atoms with Crippen molar-refractivity contribution in [2.24, 2.45) is 5.92 Å². The minimum absolute atomic E-state index is 0.00947. The maximum Gasteiger partial charge on any atom is 0.238 e. The number of pyridine rings is 1. The Labute approximate surface area is 229 Å². The zero-order valence-corrected chi connectivity index (χ0v) is 23.0. The summed E-state index contributed by atoms with van der Waals surface area (Å²) in [5.74, 6) is 1.80. The van der Waals surface area contributed by atoms with Crippen LogP contribution in [0.2, 0.25) is 0 Å².